The maximum absolute atomic E-state index is 11.2. The minimum atomic E-state index is -0.393. The Labute approximate surface area is 85.6 Å². The molecule has 0 aliphatic rings. The molecule has 0 heterocycles. The Hall–Kier alpha value is -0.610. The maximum Gasteiger partial charge on any atom is 0.320 e. The van der Waals surface area contributed by atoms with E-state index in [1.54, 1.807) is 0 Å². The number of hydrogen-bond acceptors (Lipinski definition) is 4. The number of hydrogen-bond donors (Lipinski definition) is 2. The van der Waals surface area contributed by atoms with Crippen LogP contribution in [0, 0.1) is 0 Å². The van der Waals surface area contributed by atoms with Crippen molar-refractivity contribution >= 4 is 5.97 Å². The van der Waals surface area contributed by atoms with Gasteiger partial charge in [-0.25, -0.2) is 0 Å². The van der Waals surface area contributed by atoms with Crippen LogP contribution in [0.3, 0.4) is 0 Å². The average molecular weight is 203 g/mol. The third-order valence-corrected chi connectivity index (χ3v) is 2.16. The smallest absolute Gasteiger partial charge is 0.320 e. The number of nitrogens with one attached hydrogen (secondary N) is 1. The van der Waals surface area contributed by atoms with Crippen LogP contribution in [0.2, 0.25) is 0 Å². The van der Waals surface area contributed by atoms with E-state index in [1.165, 1.54) is 0 Å². The van der Waals surface area contributed by atoms with Crippen molar-refractivity contribution in [3.8, 4) is 0 Å². The second-order valence-electron chi connectivity index (χ2n) is 3.96. The second kappa shape index (κ2) is 5.98. The van der Waals surface area contributed by atoms with E-state index in [0.29, 0.717) is 0 Å². The molecule has 0 fully saturated rings. The van der Waals surface area contributed by atoms with Gasteiger partial charge in [0.1, 0.15) is 0 Å². The predicted octanol–water partition coefficient (Wildman–Crippen LogP) is 0.689. The molecule has 4 heteroatoms. The number of esters is 1. The summed E-state index contributed by atoms with van der Waals surface area (Å²) >= 11 is 0. The molecule has 0 rings (SSSR count). The van der Waals surface area contributed by atoms with Crippen molar-refractivity contribution in [2.75, 3.05) is 13.2 Å². The van der Waals surface area contributed by atoms with Crippen LogP contribution in [0.15, 0.2) is 0 Å². The highest BCUT2D eigenvalue weighted by Crippen LogP contribution is 2.06. The first-order valence-electron chi connectivity index (χ1n) is 4.99. The molecule has 14 heavy (non-hydrogen) atoms. The zero-order valence-electron chi connectivity index (χ0n) is 9.46. The average Bonchev–Trinajstić information content (AvgIpc) is 2.13. The molecule has 0 amide bonds. The monoisotopic (exact) mass is 203 g/mol. The Morgan fingerprint density at radius 3 is 2.50 bits per heavy atom. The lowest BCUT2D eigenvalue weighted by Crippen LogP contribution is -2.47. The molecule has 0 spiro atoms. The fourth-order valence-corrected chi connectivity index (χ4v) is 0.883. The van der Waals surface area contributed by atoms with E-state index in [2.05, 4.69) is 5.32 Å². The highest BCUT2D eigenvalue weighted by molar-refractivity contribution is 5.71. The van der Waals surface area contributed by atoms with Crippen LogP contribution in [0.4, 0.5) is 0 Å². The first kappa shape index (κ1) is 13.4. The van der Waals surface area contributed by atoms with Crippen molar-refractivity contribution in [3.63, 3.8) is 0 Å². The summed E-state index contributed by atoms with van der Waals surface area (Å²) in [4.78, 5) is 11.2. The fourth-order valence-electron chi connectivity index (χ4n) is 0.883. The molecule has 0 aliphatic carbocycles. The highest BCUT2D eigenvalue weighted by atomic mass is 16.5. The Kier molecular flexibility index (Phi) is 5.72. The molecule has 0 aromatic heterocycles. The van der Waals surface area contributed by atoms with Gasteiger partial charge in [0.05, 0.1) is 19.3 Å². The van der Waals surface area contributed by atoms with Crippen LogP contribution in [0.25, 0.3) is 0 Å². The zero-order chi connectivity index (χ0) is 11.2. The van der Waals surface area contributed by atoms with E-state index in [4.69, 9.17) is 9.84 Å². The Morgan fingerprint density at radius 1 is 1.57 bits per heavy atom. The van der Waals surface area contributed by atoms with Crippen molar-refractivity contribution in [2.24, 2.45) is 0 Å². The Morgan fingerprint density at radius 2 is 2.14 bits per heavy atom. The van der Waals surface area contributed by atoms with Crippen LogP contribution in [-0.4, -0.2) is 35.9 Å². The molecule has 0 aromatic carbocycles. The Balaban J connectivity index is 3.86. The molecule has 84 valence electrons. The zero-order valence-corrected chi connectivity index (χ0v) is 9.46. The van der Waals surface area contributed by atoms with Gasteiger partial charge in [-0.3, -0.25) is 10.1 Å². The van der Waals surface area contributed by atoms with E-state index in [-0.39, 0.29) is 25.2 Å². The van der Waals surface area contributed by atoms with Crippen molar-refractivity contribution in [1.29, 1.82) is 0 Å². The van der Waals surface area contributed by atoms with Gasteiger partial charge in [-0.05, 0) is 27.2 Å². The van der Waals surface area contributed by atoms with Crippen molar-refractivity contribution in [2.45, 2.75) is 45.8 Å². The van der Waals surface area contributed by atoms with Gasteiger partial charge in [-0.15, -0.1) is 0 Å². The van der Waals surface area contributed by atoms with Gasteiger partial charge >= 0.3 is 5.97 Å². The van der Waals surface area contributed by atoms with Crippen LogP contribution in [0.5, 0.6) is 0 Å². The first-order chi connectivity index (χ1) is 6.43. The largest absolute Gasteiger partial charge is 0.462 e. The van der Waals surface area contributed by atoms with Crippen LogP contribution in [0.1, 0.15) is 34.1 Å². The third kappa shape index (κ3) is 5.19. The minimum absolute atomic E-state index is 0.0124. The number of carbonyl (C=O) groups is 1. The van der Waals surface area contributed by atoms with Gasteiger partial charge in [0.2, 0.25) is 0 Å². The minimum Gasteiger partial charge on any atom is -0.462 e. The molecule has 1 atom stereocenters. The summed E-state index contributed by atoms with van der Waals surface area (Å²) in [6.45, 7) is 7.60. The summed E-state index contributed by atoms with van der Waals surface area (Å²) in [6, 6.07) is 0. The number of aliphatic hydroxyl groups is 1. The molecule has 2 N–H and O–H groups in total. The summed E-state index contributed by atoms with van der Waals surface area (Å²) in [6.07, 6.45) is 0.671. The molecule has 0 bridgehead atoms. The molecular weight excluding hydrogens is 182 g/mol. The van der Waals surface area contributed by atoms with Gasteiger partial charge in [0.25, 0.3) is 0 Å². The van der Waals surface area contributed by atoms with Gasteiger partial charge in [-0.2, -0.15) is 0 Å². The summed E-state index contributed by atoms with van der Waals surface area (Å²) in [5.41, 5.74) is -0.393. The van der Waals surface area contributed by atoms with Gasteiger partial charge in [0, 0.05) is 5.54 Å². The van der Waals surface area contributed by atoms with E-state index in [1.807, 2.05) is 27.7 Å². The molecular formula is C10H21NO3. The summed E-state index contributed by atoms with van der Waals surface area (Å²) in [5, 5.41) is 12.0. The lowest BCUT2D eigenvalue weighted by Gasteiger charge is -2.26. The normalized spacial score (nSPS) is 15.3. The number of rotatable bonds is 6. The van der Waals surface area contributed by atoms with Gasteiger partial charge < -0.3 is 9.84 Å². The number of aliphatic hydroxyl groups excluding tert-OH is 1. The van der Waals surface area contributed by atoms with E-state index in [0.717, 1.165) is 6.42 Å². The SMILES string of the molecule is CCC(C)(CO)NCC(=O)OC(C)C. The number of carbonyl (C=O) groups excluding carboxylic acids is 1. The standard InChI is InChI=1S/C10H21NO3/c1-5-10(4,7-12)11-6-9(13)14-8(2)3/h8,11-12H,5-7H2,1-4H3. The number of ether oxygens (including phenoxy) is 1. The quantitative estimate of drug-likeness (QED) is 0.624. The van der Waals surface area contributed by atoms with E-state index in [9.17, 15) is 4.79 Å². The van der Waals surface area contributed by atoms with Crippen LogP contribution < -0.4 is 5.32 Å². The van der Waals surface area contributed by atoms with Gasteiger partial charge in [0.15, 0.2) is 0 Å². The molecule has 0 aliphatic heterocycles. The Bertz CT molecular complexity index is 176. The topological polar surface area (TPSA) is 58.6 Å². The summed E-state index contributed by atoms with van der Waals surface area (Å²) < 4.78 is 4.95. The van der Waals surface area contributed by atoms with Gasteiger partial charge in [-0.1, -0.05) is 6.92 Å². The molecule has 0 saturated heterocycles. The van der Waals surface area contributed by atoms with Crippen molar-refractivity contribution in [1.82, 2.24) is 5.32 Å². The maximum atomic E-state index is 11.2. The molecule has 0 saturated carbocycles. The lowest BCUT2D eigenvalue weighted by atomic mass is 10.0. The molecule has 4 nitrogen and oxygen atoms in total. The highest BCUT2D eigenvalue weighted by Gasteiger charge is 2.21. The van der Waals surface area contributed by atoms with Crippen molar-refractivity contribution < 1.29 is 14.6 Å². The third-order valence-electron chi connectivity index (χ3n) is 2.16. The molecule has 1 unspecified atom stereocenters. The lowest BCUT2D eigenvalue weighted by molar-refractivity contribution is -0.146. The summed E-state index contributed by atoms with van der Waals surface area (Å²) in [5.74, 6) is -0.284. The predicted molar refractivity (Wildman–Crippen MR) is 55.0 cm³/mol. The molecule has 0 radical (unpaired) electrons. The van der Waals surface area contributed by atoms with Crippen molar-refractivity contribution in [3.05, 3.63) is 0 Å². The second-order valence-corrected chi connectivity index (χ2v) is 3.96. The summed E-state index contributed by atoms with van der Waals surface area (Å²) in [7, 11) is 0. The van der Waals surface area contributed by atoms with Crippen LogP contribution >= 0.6 is 0 Å². The van der Waals surface area contributed by atoms with E-state index < -0.39 is 5.54 Å². The molecule has 0 aromatic rings. The first-order valence-corrected chi connectivity index (χ1v) is 4.99. The fraction of sp³-hybridized carbons (Fsp3) is 0.900. The van der Waals surface area contributed by atoms with Crippen LogP contribution in [-0.2, 0) is 9.53 Å². The van der Waals surface area contributed by atoms with E-state index >= 15 is 0 Å².